The minimum Gasteiger partial charge on any atom is -0.454 e. The number of nitrogens with one attached hydrogen (secondary N) is 1. The minimum atomic E-state index is -0.785. The number of hydrogen-bond acceptors (Lipinski definition) is 6. The Morgan fingerprint density at radius 1 is 1.15 bits per heavy atom. The molecule has 0 spiro atoms. The van der Waals surface area contributed by atoms with E-state index >= 15 is 0 Å². The SMILES string of the molecule is CCOC(=O)Oc1[nH]c2c(oc3ccccc32)c1-c1ccc2c(c1)OCO2. The average Bonchev–Trinajstić information content (AvgIpc) is 3.34. The summed E-state index contributed by atoms with van der Waals surface area (Å²) in [7, 11) is 0. The molecule has 0 atom stereocenters. The van der Waals surface area contributed by atoms with Gasteiger partial charge in [0.15, 0.2) is 17.1 Å². The number of H-pyrrole nitrogens is 1. The molecular formula is C20H15NO6. The molecule has 3 heterocycles. The van der Waals surface area contributed by atoms with Crippen molar-refractivity contribution < 1.29 is 28.2 Å². The van der Waals surface area contributed by atoms with Gasteiger partial charge in [-0.3, -0.25) is 0 Å². The molecule has 0 saturated carbocycles. The van der Waals surface area contributed by atoms with Gasteiger partial charge in [-0.15, -0.1) is 0 Å². The molecule has 5 rings (SSSR count). The quantitative estimate of drug-likeness (QED) is 0.523. The summed E-state index contributed by atoms with van der Waals surface area (Å²) in [4.78, 5) is 15.1. The molecule has 0 unspecified atom stereocenters. The van der Waals surface area contributed by atoms with Crippen LogP contribution >= 0.6 is 0 Å². The number of aromatic nitrogens is 1. The van der Waals surface area contributed by atoms with Gasteiger partial charge < -0.3 is 28.3 Å². The highest BCUT2D eigenvalue weighted by Crippen LogP contribution is 2.44. The lowest BCUT2D eigenvalue weighted by Gasteiger charge is -2.06. The van der Waals surface area contributed by atoms with Crippen LogP contribution in [0, 0.1) is 0 Å². The smallest absolute Gasteiger partial charge is 0.454 e. The van der Waals surface area contributed by atoms with E-state index in [1.54, 1.807) is 6.92 Å². The van der Waals surface area contributed by atoms with Crippen LogP contribution in [-0.4, -0.2) is 24.5 Å². The largest absolute Gasteiger partial charge is 0.515 e. The third-order valence-corrected chi connectivity index (χ3v) is 4.40. The molecular weight excluding hydrogens is 350 g/mol. The summed E-state index contributed by atoms with van der Waals surface area (Å²) in [6.07, 6.45) is -0.785. The first-order valence-corrected chi connectivity index (χ1v) is 8.52. The Bertz CT molecular complexity index is 1170. The molecule has 4 aromatic rings. The standard InChI is InChI=1S/C20H15NO6/c1-2-23-20(22)27-19-16(11-7-8-14-15(9-11)25-10-24-14)18-17(21-19)12-5-3-4-6-13(12)26-18/h3-9,21H,2,10H2,1H3. The first-order chi connectivity index (χ1) is 13.2. The molecule has 2 aromatic heterocycles. The van der Waals surface area contributed by atoms with E-state index in [-0.39, 0.29) is 19.3 Å². The number of hydrogen-bond donors (Lipinski definition) is 1. The van der Waals surface area contributed by atoms with Crippen molar-refractivity contribution in [1.29, 1.82) is 0 Å². The van der Waals surface area contributed by atoms with E-state index < -0.39 is 6.16 Å². The van der Waals surface area contributed by atoms with E-state index in [4.69, 9.17) is 23.4 Å². The second-order valence-corrected chi connectivity index (χ2v) is 5.98. The van der Waals surface area contributed by atoms with Crippen LogP contribution in [0.5, 0.6) is 17.4 Å². The van der Waals surface area contributed by atoms with Crippen LogP contribution < -0.4 is 14.2 Å². The van der Waals surface area contributed by atoms with Crippen LogP contribution in [0.4, 0.5) is 4.79 Å². The number of carbonyl (C=O) groups excluding carboxylic acids is 1. The van der Waals surface area contributed by atoms with Gasteiger partial charge in [0.1, 0.15) is 5.58 Å². The molecule has 0 bridgehead atoms. The van der Waals surface area contributed by atoms with Gasteiger partial charge in [0, 0.05) is 5.39 Å². The van der Waals surface area contributed by atoms with Crippen LogP contribution in [0.25, 0.3) is 33.2 Å². The monoisotopic (exact) mass is 365 g/mol. The fourth-order valence-corrected chi connectivity index (χ4v) is 3.25. The van der Waals surface area contributed by atoms with Gasteiger partial charge in [-0.1, -0.05) is 18.2 Å². The number of rotatable bonds is 3. The van der Waals surface area contributed by atoms with Crippen LogP contribution in [0.1, 0.15) is 6.92 Å². The van der Waals surface area contributed by atoms with Crippen molar-refractivity contribution in [3.63, 3.8) is 0 Å². The number of carbonyl (C=O) groups is 1. The molecule has 0 fully saturated rings. The van der Waals surface area contributed by atoms with Crippen molar-refractivity contribution in [1.82, 2.24) is 4.98 Å². The third kappa shape index (κ3) is 2.47. The highest BCUT2D eigenvalue weighted by molar-refractivity contribution is 6.10. The second kappa shape index (κ2) is 5.98. The van der Waals surface area contributed by atoms with Gasteiger partial charge in [-0.2, -0.15) is 0 Å². The van der Waals surface area contributed by atoms with Gasteiger partial charge in [0.2, 0.25) is 12.7 Å². The molecule has 7 heteroatoms. The predicted molar refractivity (Wildman–Crippen MR) is 97.3 cm³/mol. The van der Waals surface area contributed by atoms with Crippen molar-refractivity contribution >= 4 is 28.2 Å². The first-order valence-electron chi connectivity index (χ1n) is 8.52. The fourth-order valence-electron chi connectivity index (χ4n) is 3.25. The summed E-state index contributed by atoms with van der Waals surface area (Å²) in [5.74, 6) is 1.55. The number of para-hydroxylation sites is 1. The van der Waals surface area contributed by atoms with Crippen LogP contribution in [0.15, 0.2) is 46.9 Å². The molecule has 136 valence electrons. The fraction of sp³-hybridized carbons (Fsp3) is 0.150. The molecule has 27 heavy (non-hydrogen) atoms. The maximum absolute atomic E-state index is 11.9. The van der Waals surface area contributed by atoms with E-state index in [2.05, 4.69) is 4.98 Å². The number of furan rings is 1. The zero-order valence-corrected chi connectivity index (χ0v) is 14.4. The minimum absolute atomic E-state index is 0.179. The summed E-state index contributed by atoms with van der Waals surface area (Å²) in [6.45, 7) is 2.12. The molecule has 2 aromatic carbocycles. The van der Waals surface area contributed by atoms with Crippen molar-refractivity contribution in [2.75, 3.05) is 13.4 Å². The van der Waals surface area contributed by atoms with Crippen LogP contribution in [0.2, 0.25) is 0 Å². The van der Waals surface area contributed by atoms with Crippen molar-refractivity contribution in [3.05, 3.63) is 42.5 Å². The molecule has 0 amide bonds. The van der Waals surface area contributed by atoms with Crippen LogP contribution in [0.3, 0.4) is 0 Å². The van der Waals surface area contributed by atoms with Crippen molar-refractivity contribution in [2.24, 2.45) is 0 Å². The maximum atomic E-state index is 11.9. The Hall–Kier alpha value is -3.61. The lowest BCUT2D eigenvalue weighted by Crippen LogP contribution is -2.10. The summed E-state index contributed by atoms with van der Waals surface area (Å²) in [5.41, 5.74) is 3.46. The first kappa shape index (κ1) is 15.6. The predicted octanol–water partition coefficient (Wildman–Crippen LogP) is 4.85. The lowest BCUT2D eigenvalue weighted by molar-refractivity contribution is 0.103. The van der Waals surface area contributed by atoms with Gasteiger partial charge >= 0.3 is 6.16 Å². The second-order valence-electron chi connectivity index (χ2n) is 5.98. The summed E-state index contributed by atoms with van der Waals surface area (Å²) in [5, 5.41) is 0.896. The molecule has 1 N–H and O–H groups in total. The molecule has 0 saturated heterocycles. The number of benzene rings is 2. The van der Waals surface area contributed by atoms with E-state index in [9.17, 15) is 4.79 Å². The third-order valence-electron chi connectivity index (χ3n) is 4.40. The highest BCUT2D eigenvalue weighted by atomic mass is 16.7. The summed E-state index contributed by atoms with van der Waals surface area (Å²) < 4.78 is 27.2. The average molecular weight is 365 g/mol. The van der Waals surface area contributed by atoms with Crippen molar-refractivity contribution in [3.8, 4) is 28.5 Å². The van der Waals surface area contributed by atoms with E-state index in [0.29, 0.717) is 22.6 Å². The molecule has 1 aliphatic heterocycles. The van der Waals surface area contributed by atoms with Gasteiger partial charge in [0.25, 0.3) is 0 Å². The Kier molecular flexibility index (Phi) is 3.46. The number of ether oxygens (including phenoxy) is 4. The van der Waals surface area contributed by atoms with Gasteiger partial charge in [-0.25, -0.2) is 4.79 Å². The lowest BCUT2D eigenvalue weighted by atomic mass is 10.1. The van der Waals surface area contributed by atoms with E-state index in [1.807, 2.05) is 42.5 Å². The Morgan fingerprint density at radius 2 is 2.00 bits per heavy atom. The van der Waals surface area contributed by atoms with E-state index in [0.717, 1.165) is 22.0 Å². The Balaban J connectivity index is 1.72. The van der Waals surface area contributed by atoms with E-state index in [1.165, 1.54) is 0 Å². The maximum Gasteiger partial charge on any atom is 0.515 e. The van der Waals surface area contributed by atoms with Crippen molar-refractivity contribution in [2.45, 2.75) is 6.92 Å². The highest BCUT2D eigenvalue weighted by Gasteiger charge is 2.25. The molecule has 0 aliphatic carbocycles. The van der Waals surface area contributed by atoms with Crippen LogP contribution in [-0.2, 0) is 4.74 Å². The van der Waals surface area contributed by atoms with Gasteiger partial charge in [-0.05, 0) is 36.8 Å². The summed E-state index contributed by atoms with van der Waals surface area (Å²) in [6, 6.07) is 13.2. The number of fused-ring (bicyclic) bond motifs is 4. The zero-order valence-electron chi connectivity index (χ0n) is 14.4. The Morgan fingerprint density at radius 3 is 2.89 bits per heavy atom. The summed E-state index contributed by atoms with van der Waals surface area (Å²) >= 11 is 0. The molecule has 7 nitrogen and oxygen atoms in total. The van der Waals surface area contributed by atoms with Gasteiger partial charge in [0.05, 0.1) is 17.7 Å². The topological polar surface area (TPSA) is 82.9 Å². The zero-order chi connectivity index (χ0) is 18.4. The Labute approximate surface area is 153 Å². The molecule has 0 radical (unpaired) electrons. The molecule has 1 aliphatic rings. The normalized spacial score (nSPS) is 12.6. The number of aromatic amines is 1.